The van der Waals surface area contributed by atoms with E-state index in [2.05, 4.69) is 14.7 Å². The molecule has 1 aromatic rings. The summed E-state index contributed by atoms with van der Waals surface area (Å²) in [4.78, 5) is 7.46. The quantitative estimate of drug-likeness (QED) is 0.867. The van der Waals surface area contributed by atoms with Gasteiger partial charge in [-0.2, -0.15) is 0 Å². The monoisotopic (exact) mass is 303 g/mol. The molecule has 0 bridgehead atoms. The maximum Gasteiger partial charge on any atom is 0.243 e. The predicted molar refractivity (Wildman–Crippen MR) is 73.4 cm³/mol. The van der Waals surface area contributed by atoms with Gasteiger partial charge in [0.1, 0.15) is 4.90 Å². The zero-order valence-electron chi connectivity index (χ0n) is 10.8. The van der Waals surface area contributed by atoms with E-state index in [1.54, 1.807) is 0 Å². The Balaban J connectivity index is 2.05. The molecule has 0 aliphatic heterocycles. The van der Waals surface area contributed by atoms with Gasteiger partial charge < -0.3 is 0 Å². The number of nitrogens with one attached hydrogen (secondary N) is 1. The summed E-state index contributed by atoms with van der Waals surface area (Å²) in [6.45, 7) is 1.92. The molecule has 0 saturated heterocycles. The first-order chi connectivity index (χ1) is 8.99. The van der Waals surface area contributed by atoms with Crippen LogP contribution in [0.25, 0.3) is 0 Å². The minimum atomic E-state index is -3.56. The Kier molecular flexibility index (Phi) is 4.76. The lowest BCUT2D eigenvalue weighted by atomic mass is 9.85. The van der Waals surface area contributed by atoms with Crippen LogP contribution in [0.15, 0.2) is 17.3 Å². The van der Waals surface area contributed by atoms with Crippen LogP contribution in [0, 0.1) is 5.92 Å². The van der Waals surface area contributed by atoms with Gasteiger partial charge >= 0.3 is 0 Å². The van der Waals surface area contributed by atoms with Gasteiger partial charge in [-0.05, 0) is 37.3 Å². The Morgan fingerprint density at radius 2 is 1.84 bits per heavy atom. The fraction of sp³-hybridized carbons (Fsp3) is 0.667. The SMILES string of the molecule is CC(NS(=O)(=O)c1cnc(Cl)nc1)C1CCCCC1. The third-order valence-corrected chi connectivity index (χ3v) is 5.31. The Morgan fingerprint density at radius 1 is 1.26 bits per heavy atom. The van der Waals surface area contributed by atoms with Gasteiger partial charge in [-0.3, -0.25) is 0 Å². The summed E-state index contributed by atoms with van der Waals surface area (Å²) < 4.78 is 27.0. The van der Waals surface area contributed by atoms with E-state index in [0.29, 0.717) is 5.92 Å². The van der Waals surface area contributed by atoms with Crippen LogP contribution in [0.4, 0.5) is 0 Å². The molecule has 0 spiro atoms. The minimum absolute atomic E-state index is 0.0410. The van der Waals surface area contributed by atoms with Crippen LogP contribution in [-0.2, 0) is 10.0 Å². The molecule has 0 radical (unpaired) electrons. The molecule has 0 aromatic carbocycles. The lowest BCUT2D eigenvalue weighted by Crippen LogP contribution is -2.38. The number of rotatable bonds is 4. The summed E-state index contributed by atoms with van der Waals surface area (Å²) in [6, 6.07) is -0.0685. The summed E-state index contributed by atoms with van der Waals surface area (Å²) in [5.74, 6) is 0.414. The van der Waals surface area contributed by atoms with Gasteiger partial charge in [0.15, 0.2) is 0 Å². The van der Waals surface area contributed by atoms with E-state index in [9.17, 15) is 8.42 Å². The standard InChI is InChI=1S/C12H18ClN3O2S/c1-9(10-5-3-2-4-6-10)16-19(17,18)11-7-14-12(13)15-8-11/h7-10,16H,2-6H2,1H3. The molecule has 1 aliphatic carbocycles. The Morgan fingerprint density at radius 3 is 2.42 bits per heavy atom. The molecule has 1 heterocycles. The molecule has 5 nitrogen and oxygen atoms in total. The van der Waals surface area contributed by atoms with E-state index in [0.717, 1.165) is 12.8 Å². The number of nitrogens with zero attached hydrogens (tertiary/aromatic N) is 2. The minimum Gasteiger partial charge on any atom is -0.225 e. The highest BCUT2D eigenvalue weighted by molar-refractivity contribution is 7.89. The summed E-state index contributed by atoms with van der Waals surface area (Å²) in [6.07, 6.45) is 8.24. The van der Waals surface area contributed by atoms with Gasteiger partial charge in [-0.1, -0.05) is 19.3 Å². The third-order valence-electron chi connectivity index (χ3n) is 3.60. The molecule has 1 unspecified atom stereocenters. The maximum atomic E-state index is 12.2. The molecule has 7 heteroatoms. The van der Waals surface area contributed by atoms with Gasteiger partial charge in [0, 0.05) is 6.04 Å². The Labute approximate surface area is 118 Å². The Hall–Kier alpha value is -0.720. The van der Waals surface area contributed by atoms with E-state index in [4.69, 9.17) is 11.6 Å². The highest BCUT2D eigenvalue weighted by Crippen LogP contribution is 2.27. The fourth-order valence-electron chi connectivity index (χ4n) is 2.48. The zero-order chi connectivity index (χ0) is 13.9. The number of hydrogen-bond acceptors (Lipinski definition) is 4. The summed E-state index contributed by atoms with van der Waals surface area (Å²) in [7, 11) is -3.56. The van der Waals surface area contributed by atoms with E-state index < -0.39 is 10.0 Å². The number of sulfonamides is 1. The van der Waals surface area contributed by atoms with Crippen molar-refractivity contribution in [2.75, 3.05) is 0 Å². The zero-order valence-corrected chi connectivity index (χ0v) is 12.4. The molecular weight excluding hydrogens is 286 g/mol. The van der Waals surface area contributed by atoms with Crippen molar-refractivity contribution in [3.8, 4) is 0 Å². The summed E-state index contributed by atoms with van der Waals surface area (Å²) >= 11 is 5.55. The second-order valence-corrected chi connectivity index (χ2v) is 7.05. The van der Waals surface area contributed by atoms with E-state index >= 15 is 0 Å². The molecule has 19 heavy (non-hydrogen) atoms. The van der Waals surface area contributed by atoms with E-state index in [1.165, 1.54) is 31.7 Å². The lowest BCUT2D eigenvalue weighted by Gasteiger charge is -2.27. The average Bonchev–Trinajstić information content (AvgIpc) is 2.40. The van der Waals surface area contributed by atoms with E-state index in [-0.39, 0.29) is 16.2 Å². The highest BCUT2D eigenvalue weighted by atomic mass is 35.5. The van der Waals surface area contributed by atoms with Crippen molar-refractivity contribution >= 4 is 21.6 Å². The molecule has 0 amide bonds. The Bertz CT molecular complexity index is 512. The van der Waals surface area contributed by atoms with Crippen molar-refractivity contribution in [1.82, 2.24) is 14.7 Å². The molecular formula is C12H18ClN3O2S. The highest BCUT2D eigenvalue weighted by Gasteiger charge is 2.25. The van der Waals surface area contributed by atoms with Crippen LogP contribution >= 0.6 is 11.6 Å². The molecule has 1 N–H and O–H groups in total. The first kappa shape index (κ1) is 14.7. The van der Waals surface area contributed by atoms with Crippen LogP contribution in [-0.4, -0.2) is 24.4 Å². The van der Waals surface area contributed by atoms with Crippen molar-refractivity contribution in [2.45, 2.75) is 50.0 Å². The second-order valence-electron chi connectivity index (χ2n) is 5.00. The summed E-state index contributed by atoms with van der Waals surface area (Å²) in [5.41, 5.74) is 0. The number of aromatic nitrogens is 2. The van der Waals surface area contributed by atoms with Crippen molar-refractivity contribution in [1.29, 1.82) is 0 Å². The van der Waals surface area contributed by atoms with Crippen LogP contribution in [0.2, 0.25) is 5.28 Å². The lowest BCUT2D eigenvalue weighted by molar-refractivity contribution is 0.303. The van der Waals surface area contributed by atoms with Gasteiger partial charge in [-0.25, -0.2) is 23.1 Å². The summed E-state index contributed by atoms with van der Waals surface area (Å²) in [5, 5.41) is 0.0410. The molecule has 2 rings (SSSR count). The van der Waals surface area contributed by atoms with Crippen molar-refractivity contribution < 1.29 is 8.42 Å². The topological polar surface area (TPSA) is 72.0 Å². The van der Waals surface area contributed by atoms with Crippen molar-refractivity contribution in [3.63, 3.8) is 0 Å². The van der Waals surface area contributed by atoms with Gasteiger partial charge in [0.25, 0.3) is 0 Å². The molecule has 1 saturated carbocycles. The van der Waals surface area contributed by atoms with Gasteiger partial charge in [0.05, 0.1) is 12.4 Å². The first-order valence-electron chi connectivity index (χ1n) is 6.49. The van der Waals surface area contributed by atoms with Crippen molar-refractivity contribution in [2.24, 2.45) is 5.92 Å². The second kappa shape index (κ2) is 6.15. The first-order valence-corrected chi connectivity index (χ1v) is 8.35. The van der Waals surface area contributed by atoms with Crippen LogP contribution in [0.5, 0.6) is 0 Å². The maximum absolute atomic E-state index is 12.2. The smallest absolute Gasteiger partial charge is 0.225 e. The van der Waals surface area contributed by atoms with Crippen LogP contribution in [0.1, 0.15) is 39.0 Å². The predicted octanol–water partition coefficient (Wildman–Crippen LogP) is 2.38. The normalized spacial score (nSPS) is 19.3. The molecule has 1 aromatic heterocycles. The van der Waals surface area contributed by atoms with Crippen LogP contribution in [0.3, 0.4) is 0 Å². The van der Waals surface area contributed by atoms with Gasteiger partial charge in [-0.15, -0.1) is 0 Å². The van der Waals surface area contributed by atoms with Crippen LogP contribution < -0.4 is 4.72 Å². The average molecular weight is 304 g/mol. The third kappa shape index (κ3) is 3.87. The number of halogens is 1. The number of hydrogen-bond donors (Lipinski definition) is 1. The fourth-order valence-corrected chi connectivity index (χ4v) is 3.78. The van der Waals surface area contributed by atoms with Gasteiger partial charge in [0.2, 0.25) is 15.3 Å². The molecule has 1 aliphatic rings. The van der Waals surface area contributed by atoms with E-state index in [1.807, 2.05) is 6.92 Å². The molecule has 106 valence electrons. The molecule has 1 atom stereocenters. The van der Waals surface area contributed by atoms with Crippen molar-refractivity contribution in [3.05, 3.63) is 17.7 Å². The largest absolute Gasteiger partial charge is 0.243 e. The molecule has 1 fully saturated rings.